The van der Waals surface area contributed by atoms with E-state index < -0.39 is 5.97 Å². The fraction of sp³-hybridized carbons (Fsp3) is 0.462. The van der Waals surface area contributed by atoms with Crippen molar-refractivity contribution in [2.75, 3.05) is 6.54 Å². The minimum atomic E-state index is -0.710. The third-order valence-corrected chi connectivity index (χ3v) is 5.02. The molecule has 2 rings (SSSR count). The predicted octanol–water partition coefficient (Wildman–Crippen LogP) is 3.57. The molecule has 1 heterocycles. The summed E-state index contributed by atoms with van der Waals surface area (Å²) in [5.74, 6) is -0.710. The van der Waals surface area contributed by atoms with Gasteiger partial charge < -0.3 is 5.11 Å². The van der Waals surface area contributed by atoms with Crippen LogP contribution in [0.25, 0.3) is 0 Å². The first-order valence-electron chi connectivity index (χ1n) is 5.90. The molecule has 3 nitrogen and oxygen atoms in total. The minimum absolute atomic E-state index is 0.330. The van der Waals surface area contributed by atoms with E-state index in [0.717, 1.165) is 39.5 Å². The molecule has 0 spiro atoms. The molecule has 98 valence electrons. The van der Waals surface area contributed by atoms with Crippen LogP contribution in [0.3, 0.4) is 0 Å². The molecule has 1 fully saturated rings. The Morgan fingerprint density at radius 2 is 2.06 bits per heavy atom. The molecule has 1 saturated heterocycles. The van der Waals surface area contributed by atoms with Crippen LogP contribution in [0.4, 0.5) is 0 Å². The molecule has 1 N–H and O–H groups in total. The molecule has 0 aromatic heterocycles. The van der Waals surface area contributed by atoms with Gasteiger partial charge in [0.05, 0.1) is 0 Å². The number of halogens is 2. The van der Waals surface area contributed by atoms with E-state index in [9.17, 15) is 4.79 Å². The molecule has 1 aromatic carbocycles. The number of carbonyl (C=O) groups is 1. The summed E-state index contributed by atoms with van der Waals surface area (Å²) in [6, 6.07) is 3.80. The van der Waals surface area contributed by atoms with Crippen LogP contribution >= 0.6 is 31.9 Å². The summed E-state index contributed by atoms with van der Waals surface area (Å²) in [7, 11) is 0. The largest absolute Gasteiger partial charge is 0.480 e. The van der Waals surface area contributed by atoms with Crippen LogP contribution in [-0.4, -0.2) is 28.6 Å². The molecule has 5 heteroatoms. The SMILES string of the molecule is Cc1c(Br)cc(CN2CCC[C@H]2C(=O)O)cc1Br. The first kappa shape index (κ1) is 14.0. The smallest absolute Gasteiger partial charge is 0.320 e. The zero-order chi connectivity index (χ0) is 13.3. The number of hydrogen-bond donors (Lipinski definition) is 1. The molecular formula is C13H15Br2NO2. The monoisotopic (exact) mass is 375 g/mol. The highest BCUT2D eigenvalue weighted by atomic mass is 79.9. The van der Waals surface area contributed by atoms with E-state index in [-0.39, 0.29) is 6.04 Å². The van der Waals surface area contributed by atoms with Gasteiger partial charge in [-0.2, -0.15) is 0 Å². The molecule has 1 aromatic rings. The van der Waals surface area contributed by atoms with E-state index in [2.05, 4.69) is 44.0 Å². The summed E-state index contributed by atoms with van der Waals surface area (Å²) < 4.78 is 2.11. The maximum atomic E-state index is 11.1. The lowest BCUT2D eigenvalue weighted by Crippen LogP contribution is -2.35. The summed E-state index contributed by atoms with van der Waals surface area (Å²) in [6.45, 7) is 3.59. The van der Waals surface area contributed by atoms with Crippen LogP contribution in [0.15, 0.2) is 21.1 Å². The molecule has 1 aliphatic heterocycles. The minimum Gasteiger partial charge on any atom is -0.480 e. The van der Waals surface area contributed by atoms with Crippen molar-refractivity contribution in [3.63, 3.8) is 0 Å². The Bertz CT molecular complexity index is 453. The van der Waals surface area contributed by atoms with E-state index in [0.29, 0.717) is 6.54 Å². The topological polar surface area (TPSA) is 40.5 Å². The van der Waals surface area contributed by atoms with Crippen molar-refractivity contribution < 1.29 is 9.90 Å². The predicted molar refractivity (Wildman–Crippen MR) is 77.6 cm³/mol. The Kier molecular flexibility index (Phi) is 4.45. The van der Waals surface area contributed by atoms with Crippen LogP contribution in [0.2, 0.25) is 0 Å². The lowest BCUT2D eigenvalue weighted by atomic mass is 10.1. The number of likely N-dealkylation sites (tertiary alicyclic amines) is 1. The molecule has 0 unspecified atom stereocenters. The number of aliphatic carboxylic acids is 1. The highest BCUT2D eigenvalue weighted by Crippen LogP contribution is 2.28. The number of benzene rings is 1. The maximum Gasteiger partial charge on any atom is 0.320 e. The van der Waals surface area contributed by atoms with Gasteiger partial charge in [0, 0.05) is 15.5 Å². The zero-order valence-electron chi connectivity index (χ0n) is 10.1. The Labute approximate surface area is 123 Å². The van der Waals surface area contributed by atoms with Gasteiger partial charge in [-0.3, -0.25) is 9.69 Å². The lowest BCUT2D eigenvalue weighted by Gasteiger charge is -2.21. The molecule has 1 aliphatic rings. The lowest BCUT2D eigenvalue weighted by molar-refractivity contribution is -0.142. The number of rotatable bonds is 3. The van der Waals surface area contributed by atoms with Crippen LogP contribution < -0.4 is 0 Å². The molecule has 0 radical (unpaired) electrons. The third-order valence-electron chi connectivity index (χ3n) is 3.38. The van der Waals surface area contributed by atoms with E-state index in [4.69, 9.17) is 5.11 Å². The second-order valence-electron chi connectivity index (χ2n) is 4.65. The maximum absolute atomic E-state index is 11.1. The number of carboxylic acid groups (broad SMARTS) is 1. The zero-order valence-corrected chi connectivity index (χ0v) is 13.3. The van der Waals surface area contributed by atoms with Gasteiger partial charge in [-0.05, 0) is 49.6 Å². The highest BCUT2D eigenvalue weighted by molar-refractivity contribution is 9.11. The molecular weight excluding hydrogens is 362 g/mol. The molecule has 0 aliphatic carbocycles. The van der Waals surface area contributed by atoms with Crippen molar-refractivity contribution in [1.82, 2.24) is 4.90 Å². The highest BCUT2D eigenvalue weighted by Gasteiger charge is 2.30. The van der Waals surface area contributed by atoms with Crippen LogP contribution in [0.1, 0.15) is 24.0 Å². The second-order valence-corrected chi connectivity index (χ2v) is 6.36. The Balaban J connectivity index is 2.16. The molecule has 0 amide bonds. The molecule has 0 bridgehead atoms. The van der Waals surface area contributed by atoms with Crippen LogP contribution in [0.5, 0.6) is 0 Å². The van der Waals surface area contributed by atoms with Crippen molar-refractivity contribution in [3.8, 4) is 0 Å². The van der Waals surface area contributed by atoms with Gasteiger partial charge in [-0.1, -0.05) is 31.9 Å². The van der Waals surface area contributed by atoms with Crippen molar-refractivity contribution in [2.45, 2.75) is 32.4 Å². The van der Waals surface area contributed by atoms with Crippen molar-refractivity contribution in [2.24, 2.45) is 0 Å². The van der Waals surface area contributed by atoms with Crippen LogP contribution in [-0.2, 0) is 11.3 Å². The Morgan fingerprint density at radius 3 is 2.61 bits per heavy atom. The summed E-state index contributed by atoms with van der Waals surface area (Å²) >= 11 is 7.05. The van der Waals surface area contributed by atoms with Gasteiger partial charge in [0.25, 0.3) is 0 Å². The van der Waals surface area contributed by atoms with Crippen molar-refractivity contribution in [1.29, 1.82) is 0 Å². The summed E-state index contributed by atoms with van der Waals surface area (Å²) in [6.07, 6.45) is 1.72. The fourth-order valence-corrected chi connectivity index (χ4v) is 3.60. The van der Waals surface area contributed by atoms with E-state index in [1.165, 1.54) is 0 Å². The van der Waals surface area contributed by atoms with Crippen LogP contribution in [0, 0.1) is 6.92 Å². The second kappa shape index (κ2) is 5.72. The standard InChI is InChI=1S/C13H15Br2NO2/c1-8-10(14)5-9(6-11(8)15)7-16-4-2-3-12(16)13(17)18/h5-6,12H,2-4,7H2,1H3,(H,17,18)/t12-/m0/s1. The van der Waals surface area contributed by atoms with Gasteiger partial charge in [0.2, 0.25) is 0 Å². The van der Waals surface area contributed by atoms with E-state index in [1.54, 1.807) is 0 Å². The number of nitrogens with zero attached hydrogens (tertiary/aromatic N) is 1. The van der Waals surface area contributed by atoms with E-state index >= 15 is 0 Å². The van der Waals surface area contributed by atoms with Crippen molar-refractivity contribution in [3.05, 3.63) is 32.2 Å². The van der Waals surface area contributed by atoms with E-state index in [1.807, 2.05) is 11.8 Å². The quantitative estimate of drug-likeness (QED) is 0.876. The average molecular weight is 377 g/mol. The van der Waals surface area contributed by atoms with Gasteiger partial charge in [0.1, 0.15) is 6.04 Å². The summed E-state index contributed by atoms with van der Waals surface area (Å²) in [5, 5.41) is 9.15. The van der Waals surface area contributed by atoms with Gasteiger partial charge in [0.15, 0.2) is 0 Å². The molecule has 18 heavy (non-hydrogen) atoms. The number of carboxylic acids is 1. The third kappa shape index (κ3) is 2.95. The summed E-state index contributed by atoms with van der Waals surface area (Å²) in [4.78, 5) is 13.2. The van der Waals surface area contributed by atoms with Gasteiger partial charge in [-0.15, -0.1) is 0 Å². The normalized spacial score (nSPS) is 20.3. The average Bonchev–Trinajstić information content (AvgIpc) is 2.74. The van der Waals surface area contributed by atoms with Gasteiger partial charge >= 0.3 is 5.97 Å². The number of hydrogen-bond acceptors (Lipinski definition) is 2. The molecule has 0 saturated carbocycles. The first-order chi connectivity index (χ1) is 8.49. The fourth-order valence-electron chi connectivity index (χ4n) is 2.32. The summed E-state index contributed by atoms with van der Waals surface area (Å²) in [5.41, 5.74) is 2.29. The Hall–Kier alpha value is -0.390. The first-order valence-corrected chi connectivity index (χ1v) is 7.49. The molecule has 1 atom stereocenters. The van der Waals surface area contributed by atoms with Crippen molar-refractivity contribution >= 4 is 37.8 Å². The van der Waals surface area contributed by atoms with Gasteiger partial charge in [-0.25, -0.2) is 0 Å². The Morgan fingerprint density at radius 1 is 1.44 bits per heavy atom.